The van der Waals surface area contributed by atoms with Crippen LogP contribution in [0.2, 0.25) is 0 Å². The van der Waals surface area contributed by atoms with E-state index >= 15 is 0 Å². The van der Waals surface area contributed by atoms with Crippen LogP contribution in [0.15, 0.2) is 36.7 Å². The third-order valence-electron chi connectivity index (χ3n) is 4.34. The molecule has 2 aromatic rings. The summed E-state index contributed by atoms with van der Waals surface area (Å²) in [6.45, 7) is 4.38. The lowest BCUT2D eigenvalue weighted by Gasteiger charge is -2.34. The van der Waals surface area contributed by atoms with Gasteiger partial charge in [0.05, 0.1) is 5.69 Å². The Labute approximate surface area is 136 Å². The van der Waals surface area contributed by atoms with Gasteiger partial charge in [0.2, 0.25) is 0 Å². The molecule has 23 heavy (non-hydrogen) atoms. The van der Waals surface area contributed by atoms with Crippen LogP contribution >= 0.6 is 0 Å². The van der Waals surface area contributed by atoms with Crippen LogP contribution in [-0.4, -0.2) is 29.1 Å². The smallest absolute Gasteiger partial charge is 0.187 e. The van der Waals surface area contributed by atoms with Crippen molar-refractivity contribution in [2.24, 2.45) is 0 Å². The van der Waals surface area contributed by atoms with E-state index in [2.05, 4.69) is 27.4 Å². The summed E-state index contributed by atoms with van der Waals surface area (Å²) in [7, 11) is 0. The van der Waals surface area contributed by atoms with E-state index in [1.165, 1.54) is 11.9 Å². The zero-order chi connectivity index (χ0) is 16.1. The summed E-state index contributed by atoms with van der Waals surface area (Å²) in [5.74, 6) is 0.182. The maximum absolute atomic E-state index is 14.4. The number of rotatable bonds is 5. The molecule has 0 spiro atoms. The van der Waals surface area contributed by atoms with Crippen LogP contribution in [0.4, 0.5) is 10.2 Å². The molecule has 1 aliphatic rings. The first kappa shape index (κ1) is 15.9. The van der Waals surface area contributed by atoms with Gasteiger partial charge < -0.3 is 10.2 Å². The van der Waals surface area contributed by atoms with Crippen LogP contribution in [0, 0.1) is 5.82 Å². The first-order chi connectivity index (χ1) is 11.3. The van der Waals surface area contributed by atoms with E-state index in [4.69, 9.17) is 0 Å². The van der Waals surface area contributed by atoms with E-state index < -0.39 is 0 Å². The standard InChI is InChI=1S/C18H23FN4/c1-2-16-17(19)18(22-13-21-16)23-10-6-9-15(12-23)20-11-14-7-4-3-5-8-14/h3-5,7-8,13,15,20H,2,6,9-12H2,1H3. The molecule has 1 atom stereocenters. The molecule has 0 amide bonds. The molecule has 122 valence electrons. The van der Waals surface area contributed by atoms with E-state index in [0.717, 1.165) is 32.5 Å². The van der Waals surface area contributed by atoms with Crippen molar-refractivity contribution in [1.29, 1.82) is 0 Å². The molecule has 1 N–H and O–H groups in total. The van der Waals surface area contributed by atoms with Gasteiger partial charge in [0.15, 0.2) is 11.6 Å². The van der Waals surface area contributed by atoms with E-state index in [0.29, 0.717) is 24.0 Å². The van der Waals surface area contributed by atoms with Crippen LogP contribution in [0.3, 0.4) is 0 Å². The Morgan fingerprint density at radius 1 is 1.26 bits per heavy atom. The molecule has 3 rings (SSSR count). The van der Waals surface area contributed by atoms with Gasteiger partial charge in [0, 0.05) is 25.7 Å². The average Bonchev–Trinajstić information content (AvgIpc) is 2.61. The zero-order valence-electron chi connectivity index (χ0n) is 13.5. The maximum Gasteiger partial charge on any atom is 0.187 e. The quantitative estimate of drug-likeness (QED) is 0.921. The maximum atomic E-state index is 14.4. The van der Waals surface area contributed by atoms with Gasteiger partial charge in [-0.1, -0.05) is 37.3 Å². The van der Waals surface area contributed by atoms with E-state index in [1.807, 2.05) is 30.0 Å². The summed E-state index contributed by atoms with van der Waals surface area (Å²) in [6, 6.07) is 10.7. The summed E-state index contributed by atoms with van der Waals surface area (Å²) >= 11 is 0. The predicted octanol–water partition coefficient (Wildman–Crippen LogP) is 2.94. The second kappa shape index (κ2) is 7.51. The van der Waals surface area contributed by atoms with Gasteiger partial charge in [-0.05, 0) is 24.8 Å². The van der Waals surface area contributed by atoms with Crippen molar-refractivity contribution in [3.8, 4) is 0 Å². The molecule has 1 aliphatic heterocycles. The molecule has 1 aromatic heterocycles. The molecular weight excluding hydrogens is 291 g/mol. The van der Waals surface area contributed by atoms with Gasteiger partial charge in [-0.25, -0.2) is 14.4 Å². The number of halogens is 1. The topological polar surface area (TPSA) is 41.1 Å². The van der Waals surface area contributed by atoms with E-state index in [-0.39, 0.29) is 5.82 Å². The monoisotopic (exact) mass is 314 g/mol. The molecule has 1 saturated heterocycles. The highest BCUT2D eigenvalue weighted by atomic mass is 19.1. The molecule has 0 aliphatic carbocycles. The lowest BCUT2D eigenvalue weighted by Crippen LogP contribution is -2.46. The highest BCUT2D eigenvalue weighted by Gasteiger charge is 2.23. The number of piperidine rings is 1. The number of anilines is 1. The van der Waals surface area contributed by atoms with Gasteiger partial charge in [-0.15, -0.1) is 0 Å². The molecule has 0 saturated carbocycles. The number of aryl methyl sites for hydroxylation is 1. The van der Waals surface area contributed by atoms with Crippen molar-refractivity contribution in [2.75, 3.05) is 18.0 Å². The van der Waals surface area contributed by atoms with Crippen LogP contribution in [0.25, 0.3) is 0 Å². The zero-order valence-corrected chi connectivity index (χ0v) is 13.5. The van der Waals surface area contributed by atoms with Gasteiger partial charge >= 0.3 is 0 Å². The Hall–Kier alpha value is -2.01. The number of nitrogens with zero attached hydrogens (tertiary/aromatic N) is 3. The molecule has 1 aromatic carbocycles. The number of aromatic nitrogens is 2. The molecule has 0 bridgehead atoms. The fraction of sp³-hybridized carbons (Fsp3) is 0.444. The number of hydrogen-bond donors (Lipinski definition) is 1. The highest BCUT2D eigenvalue weighted by Crippen LogP contribution is 2.22. The minimum atomic E-state index is -0.265. The third kappa shape index (κ3) is 3.85. The fourth-order valence-electron chi connectivity index (χ4n) is 3.06. The van der Waals surface area contributed by atoms with E-state index in [1.54, 1.807) is 0 Å². The first-order valence-electron chi connectivity index (χ1n) is 8.29. The second-order valence-electron chi connectivity index (χ2n) is 5.96. The largest absolute Gasteiger partial charge is 0.353 e. The van der Waals surface area contributed by atoms with Crippen LogP contribution in [-0.2, 0) is 13.0 Å². The lowest BCUT2D eigenvalue weighted by atomic mass is 10.0. The molecular formula is C18H23FN4. The molecule has 1 fully saturated rings. The Morgan fingerprint density at radius 2 is 2.09 bits per heavy atom. The summed E-state index contributed by atoms with van der Waals surface area (Å²) in [5.41, 5.74) is 1.76. The third-order valence-corrected chi connectivity index (χ3v) is 4.34. The average molecular weight is 314 g/mol. The molecule has 0 radical (unpaired) electrons. The Morgan fingerprint density at radius 3 is 2.87 bits per heavy atom. The fourth-order valence-corrected chi connectivity index (χ4v) is 3.06. The molecule has 4 nitrogen and oxygen atoms in total. The van der Waals surface area contributed by atoms with Gasteiger partial charge in [-0.2, -0.15) is 0 Å². The van der Waals surface area contributed by atoms with Crippen LogP contribution in [0.1, 0.15) is 31.0 Å². The van der Waals surface area contributed by atoms with Crippen molar-refractivity contribution in [3.05, 3.63) is 53.7 Å². The summed E-state index contributed by atoms with van der Waals surface area (Å²) < 4.78 is 14.4. The molecule has 5 heteroatoms. The normalized spacial score (nSPS) is 18.2. The van der Waals surface area contributed by atoms with Gasteiger partial charge in [-0.3, -0.25) is 0 Å². The highest BCUT2D eigenvalue weighted by molar-refractivity contribution is 5.41. The number of nitrogens with one attached hydrogen (secondary N) is 1. The summed E-state index contributed by atoms with van der Waals surface area (Å²) in [6.07, 6.45) is 4.21. The summed E-state index contributed by atoms with van der Waals surface area (Å²) in [4.78, 5) is 10.2. The SMILES string of the molecule is CCc1ncnc(N2CCCC(NCc3ccccc3)C2)c1F. The number of benzene rings is 1. The molecule has 1 unspecified atom stereocenters. The Balaban J connectivity index is 1.64. The predicted molar refractivity (Wildman–Crippen MR) is 89.9 cm³/mol. The van der Waals surface area contributed by atoms with Crippen LogP contribution < -0.4 is 10.2 Å². The minimum Gasteiger partial charge on any atom is -0.353 e. The minimum absolute atomic E-state index is 0.265. The number of hydrogen-bond acceptors (Lipinski definition) is 4. The Bertz CT molecular complexity index is 632. The van der Waals surface area contributed by atoms with Crippen molar-refractivity contribution in [3.63, 3.8) is 0 Å². The van der Waals surface area contributed by atoms with E-state index in [9.17, 15) is 4.39 Å². The van der Waals surface area contributed by atoms with Crippen molar-refractivity contribution < 1.29 is 4.39 Å². The van der Waals surface area contributed by atoms with Gasteiger partial charge in [0.1, 0.15) is 6.33 Å². The summed E-state index contributed by atoms with van der Waals surface area (Å²) in [5, 5.41) is 3.58. The molecule has 2 heterocycles. The van der Waals surface area contributed by atoms with Crippen molar-refractivity contribution >= 4 is 5.82 Å². The van der Waals surface area contributed by atoms with Crippen molar-refractivity contribution in [2.45, 2.75) is 38.8 Å². The van der Waals surface area contributed by atoms with Gasteiger partial charge in [0.25, 0.3) is 0 Å². The lowest BCUT2D eigenvalue weighted by molar-refractivity contribution is 0.415. The first-order valence-corrected chi connectivity index (χ1v) is 8.29. The second-order valence-corrected chi connectivity index (χ2v) is 5.96. The Kier molecular flexibility index (Phi) is 5.18. The van der Waals surface area contributed by atoms with Crippen LogP contribution in [0.5, 0.6) is 0 Å². The van der Waals surface area contributed by atoms with Crippen molar-refractivity contribution in [1.82, 2.24) is 15.3 Å².